The number of hydrogen-bond donors (Lipinski definition) is 2. The summed E-state index contributed by atoms with van der Waals surface area (Å²) in [5.41, 5.74) is 5.36. The van der Waals surface area contributed by atoms with Gasteiger partial charge in [-0.15, -0.1) is 11.8 Å². The topological polar surface area (TPSA) is 67.4 Å². The quantitative estimate of drug-likeness (QED) is 0.548. The number of hydrogen-bond acceptors (Lipinski definition) is 4. The molecule has 5 nitrogen and oxygen atoms in total. The second kappa shape index (κ2) is 9.48. The highest BCUT2D eigenvalue weighted by atomic mass is 79.9. The third-order valence-corrected chi connectivity index (χ3v) is 4.66. The predicted octanol–water partition coefficient (Wildman–Crippen LogP) is 3.79. The Morgan fingerprint density at radius 1 is 1.16 bits per heavy atom. The molecule has 25 heavy (non-hydrogen) atoms. The number of hydrazine groups is 1. The second-order valence-corrected chi connectivity index (χ2v) is 7.31. The van der Waals surface area contributed by atoms with E-state index < -0.39 is 12.0 Å². The smallest absolute Gasteiger partial charge is 0.279 e. The minimum atomic E-state index is -0.755. The molecule has 2 aromatic carbocycles. The fourth-order valence-electron chi connectivity index (χ4n) is 2.02. The number of nitrogens with one attached hydrogen (secondary N) is 2. The number of rotatable bonds is 6. The third-order valence-electron chi connectivity index (χ3n) is 3.21. The van der Waals surface area contributed by atoms with Crippen LogP contribution in [0.1, 0.15) is 24.2 Å². The first-order chi connectivity index (χ1) is 12.0. The van der Waals surface area contributed by atoms with E-state index in [1.807, 2.05) is 31.2 Å². The monoisotopic (exact) mass is 422 g/mol. The van der Waals surface area contributed by atoms with Gasteiger partial charge in [-0.2, -0.15) is 0 Å². The molecule has 1 unspecified atom stereocenters. The first-order valence-corrected chi connectivity index (χ1v) is 9.53. The van der Waals surface area contributed by atoms with Crippen molar-refractivity contribution in [2.75, 3.05) is 5.75 Å². The fourth-order valence-corrected chi connectivity index (χ4v) is 3.20. The lowest BCUT2D eigenvalue weighted by Gasteiger charge is -2.16. The van der Waals surface area contributed by atoms with Crippen LogP contribution in [0.15, 0.2) is 57.9 Å². The molecule has 0 aliphatic rings. The molecule has 0 fully saturated rings. The number of carbonyl (C=O) groups is 2. The molecule has 0 aromatic heterocycles. The molecular weight excluding hydrogens is 404 g/mol. The number of halogens is 1. The number of ether oxygens (including phenoxy) is 1. The van der Waals surface area contributed by atoms with E-state index in [9.17, 15) is 9.59 Å². The molecule has 0 bridgehead atoms. The lowest BCUT2D eigenvalue weighted by atomic mass is 10.2. The summed E-state index contributed by atoms with van der Waals surface area (Å²) in [4.78, 5) is 25.3. The van der Waals surface area contributed by atoms with Gasteiger partial charge in [0.15, 0.2) is 6.10 Å². The summed E-state index contributed by atoms with van der Waals surface area (Å²) >= 11 is 4.92. The van der Waals surface area contributed by atoms with Crippen molar-refractivity contribution < 1.29 is 14.3 Å². The van der Waals surface area contributed by atoms with Crippen molar-refractivity contribution >= 4 is 39.5 Å². The molecule has 0 heterocycles. The maximum absolute atomic E-state index is 12.3. The average molecular weight is 423 g/mol. The Hall–Kier alpha value is -1.99. The van der Waals surface area contributed by atoms with Gasteiger partial charge in [0.1, 0.15) is 5.75 Å². The van der Waals surface area contributed by atoms with E-state index >= 15 is 0 Å². The molecule has 0 aliphatic heterocycles. The van der Waals surface area contributed by atoms with Gasteiger partial charge in [0, 0.05) is 9.37 Å². The highest BCUT2D eigenvalue weighted by Gasteiger charge is 2.17. The largest absolute Gasteiger partial charge is 0.481 e. The Labute approximate surface area is 159 Å². The lowest BCUT2D eigenvalue weighted by molar-refractivity contribution is -0.128. The van der Waals surface area contributed by atoms with Crippen molar-refractivity contribution in [3.8, 4) is 5.75 Å². The van der Waals surface area contributed by atoms with Crippen LogP contribution in [-0.4, -0.2) is 23.7 Å². The minimum absolute atomic E-state index is 0.362. The molecule has 0 spiro atoms. The van der Waals surface area contributed by atoms with Gasteiger partial charge in [-0.3, -0.25) is 20.4 Å². The van der Waals surface area contributed by atoms with E-state index in [0.29, 0.717) is 11.3 Å². The van der Waals surface area contributed by atoms with Gasteiger partial charge in [0.25, 0.3) is 11.8 Å². The van der Waals surface area contributed by atoms with Crippen LogP contribution in [0.4, 0.5) is 0 Å². The standard InChI is InChI=1S/C18H19BrN2O3S/c1-3-25-16-10-5-4-9-15(16)18(23)21-20-17(22)12(2)24-14-8-6-7-13(19)11-14/h4-12H,3H2,1-2H3,(H,20,22)(H,21,23). The highest BCUT2D eigenvalue weighted by molar-refractivity contribution is 9.10. The van der Waals surface area contributed by atoms with E-state index in [1.54, 1.807) is 43.0 Å². The van der Waals surface area contributed by atoms with Crippen molar-refractivity contribution in [1.29, 1.82) is 0 Å². The van der Waals surface area contributed by atoms with Gasteiger partial charge in [-0.05, 0) is 43.0 Å². The molecule has 0 radical (unpaired) electrons. The Bertz CT molecular complexity index is 755. The van der Waals surface area contributed by atoms with Gasteiger partial charge >= 0.3 is 0 Å². The molecule has 1 atom stereocenters. The summed E-state index contributed by atoms with van der Waals surface area (Å²) in [6.07, 6.45) is -0.755. The zero-order valence-corrected chi connectivity index (χ0v) is 16.3. The normalized spacial score (nSPS) is 11.5. The highest BCUT2D eigenvalue weighted by Crippen LogP contribution is 2.22. The van der Waals surface area contributed by atoms with Crippen LogP contribution in [-0.2, 0) is 4.79 Å². The second-order valence-electron chi connectivity index (χ2n) is 5.09. The molecule has 2 amide bonds. The summed E-state index contributed by atoms with van der Waals surface area (Å²) in [5, 5.41) is 0. The van der Waals surface area contributed by atoms with Crippen molar-refractivity contribution in [3.05, 3.63) is 58.6 Å². The predicted molar refractivity (Wildman–Crippen MR) is 103 cm³/mol. The maximum Gasteiger partial charge on any atom is 0.279 e. The van der Waals surface area contributed by atoms with E-state index in [2.05, 4.69) is 26.8 Å². The van der Waals surface area contributed by atoms with Crippen molar-refractivity contribution in [2.45, 2.75) is 24.8 Å². The van der Waals surface area contributed by atoms with Gasteiger partial charge in [0.2, 0.25) is 0 Å². The molecule has 0 aliphatic carbocycles. The van der Waals surface area contributed by atoms with Crippen molar-refractivity contribution in [1.82, 2.24) is 10.9 Å². The number of carbonyl (C=O) groups excluding carboxylic acids is 2. The van der Waals surface area contributed by atoms with E-state index in [-0.39, 0.29) is 5.91 Å². The van der Waals surface area contributed by atoms with E-state index in [1.165, 1.54) is 0 Å². The summed E-state index contributed by atoms with van der Waals surface area (Å²) < 4.78 is 6.42. The number of benzene rings is 2. The van der Waals surface area contributed by atoms with Crippen LogP contribution in [0.25, 0.3) is 0 Å². The van der Waals surface area contributed by atoms with Gasteiger partial charge in [0.05, 0.1) is 5.56 Å². The zero-order chi connectivity index (χ0) is 18.2. The summed E-state index contributed by atoms with van der Waals surface area (Å²) in [6.45, 7) is 3.63. The average Bonchev–Trinajstić information content (AvgIpc) is 2.60. The summed E-state index contributed by atoms with van der Waals surface area (Å²) in [7, 11) is 0. The fraction of sp³-hybridized carbons (Fsp3) is 0.222. The van der Waals surface area contributed by atoms with Crippen molar-refractivity contribution in [2.24, 2.45) is 0 Å². The Balaban J connectivity index is 1.91. The zero-order valence-electron chi connectivity index (χ0n) is 13.9. The van der Waals surface area contributed by atoms with Gasteiger partial charge in [-0.25, -0.2) is 0 Å². The molecular formula is C18H19BrN2O3S. The molecule has 0 saturated carbocycles. The van der Waals surface area contributed by atoms with Crippen molar-refractivity contribution in [3.63, 3.8) is 0 Å². The lowest BCUT2D eigenvalue weighted by Crippen LogP contribution is -2.47. The third kappa shape index (κ3) is 5.79. The van der Waals surface area contributed by atoms with Crippen LogP contribution in [0.3, 0.4) is 0 Å². The Kier molecular flexibility index (Phi) is 7.33. The summed E-state index contributed by atoms with van der Waals surface area (Å²) in [5.74, 6) is 0.621. The molecule has 7 heteroatoms. The molecule has 2 aromatic rings. The Morgan fingerprint density at radius 2 is 1.92 bits per heavy atom. The van der Waals surface area contributed by atoms with Crippen LogP contribution in [0.2, 0.25) is 0 Å². The van der Waals surface area contributed by atoms with E-state index in [4.69, 9.17) is 4.74 Å². The molecule has 132 valence electrons. The van der Waals surface area contributed by atoms with Crippen LogP contribution in [0.5, 0.6) is 5.75 Å². The number of thioether (sulfide) groups is 1. The van der Waals surface area contributed by atoms with Gasteiger partial charge in [-0.1, -0.05) is 41.1 Å². The first kappa shape index (κ1) is 19.3. The molecule has 0 saturated heterocycles. The van der Waals surface area contributed by atoms with Crippen LogP contribution >= 0.6 is 27.7 Å². The first-order valence-electron chi connectivity index (χ1n) is 7.75. The molecule has 2 rings (SSSR count). The SMILES string of the molecule is CCSc1ccccc1C(=O)NNC(=O)C(C)Oc1cccc(Br)c1. The van der Waals surface area contributed by atoms with E-state index in [0.717, 1.165) is 15.1 Å². The van der Waals surface area contributed by atoms with Crippen LogP contribution in [0, 0.1) is 0 Å². The summed E-state index contributed by atoms with van der Waals surface area (Å²) in [6, 6.07) is 14.5. The van der Waals surface area contributed by atoms with Gasteiger partial charge < -0.3 is 4.74 Å². The molecule has 2 N–H and O–H groups in total. The maximum atomic E-state index is 12.3. The van der Waals surface area contributed by atoms with Crippen LogP contribution < -0.4 is 15.6 Å². The number of amides is 2. The Morgan fingerprint density at radius 3 is 2.64 bits per heavy atom. The minimum Gasteiger partial charge on any atom is -0.481 e.